The first-order chi connectivity index (χ1) is 10.1. The molecule has 0 aromatic heterocycles. The monoisotopic (exact) mass is 355 g/mol. The van der Waals surface area contributed by atoms with E-state index in [4.69, 9.17) is 4.74 Å². The van der Waals surface area contributed by atoms with Gasteiger partial charge in [0.1, 0.15) is 5.75 Å². The van der Waals surface area contributed by atoms with Crippen LogP contribution in [0.4, 0.5) is 8.78 Å². The van der Waals surface area contributed by atoms with Crippen molar-refractivity contribution in [2.24, 2.45) is 0 Å². The van der Waals surface area contributed by atoms with E-state index in [9.17, 15) is 8.78 Å². The van der Waals surface area contributed by atoms with Crippen LogP contribution in [0.5, 0.6) is 5.75 Å². The van der Waals surface area contributed by atoms with Gasteiger partial charge < -0.3 is 10.1 Å². The fourth-order valence-electron chi connectivity index (χ4n) is 2.20. The Kier molecular flexibility index (Phi) is 5.31. The summed E-state index contributed by atoms with van der Waals surface area (Å²) in [6.07, 6.45) is 0. The van der Waals surface area contributed by atoms with E-state index in [0.29, 0.717) is 12.3 Å². The molecule has 5 heteroatoms. The van der Waals surface area contributed by atoms with Crippen molar-refractivity contribution in [2.75, 3.05) is 13.7 Å². The third-order valence-electron chi connectivity index (χ3n) is 3.22. The fraction of sp³-hybridized carbons (Fsp3) is 0.250. The molecule has 0 aliphatic rings. The van der Waals surface area contributed by atoms with Crippen LogP contribution in [0.1, 0.15) is 24.1 Å². The Morgan fingerprint density at radius 1 is 1.19 bits per heavy atom. The van der Waals surface area contributed by atoms with Crippen LogP contribution in [0.3, 0.4) is 0 Å². The second-order valence-corrected chi connectivity index (χ2v) is 5.38. The maximum absolute atomic E-state index is 14.1. The number of ether oxygens (including phenoxy) is 1. The highest BCUT2D eigenvalue weighted by atomic mass is 79.9. The van der Waals surface area contributed by atoms with E-state index >= 15 is 0 Å². The van der Waals surface area contributed by atoms with Gasteiger partial charge in [-0.05, 0) is 30.3 Å². The van der Waals surface area contributed by atoms with Crippen molar-refractivity contribution in [2.45, 2.75) is 13.0 Å². The molecule has 1 atom stereocenters. The number of nitrogens with one attached hydrogen (secondary N) is 1. The standard InChI is InChI=1S/C16H16BrF2NO/c1-3-20-16(12-5-4-6-14(18)15(12)19)11-8-7-10(21-2)9-13(11)17/h4-9,16,20H,3H2,1-2H3. The summed E-state index contributed by atoms with van der Waals surface area (Å²) >= 11 is 3.46. The van der Waals surface area contributed by atoms with Gasteiger partial charge in [0, 0.05) is 10.0 Å². The Morgan fingerprint density at radius 2 is 1.95 bits per heavy atom. The number of halogens is 3. The zero-order valence-corrected chi connectivity index (χ0v) is 13.4. The largest absolute Gasteiger partial charge is 0.497 e. The predicted octanol–water partition coefficient (Wildman–Crippen LogP) is 4.43. The first-order valence-electron chi connectivity index (χ1n) is 6.59. The maximum Gasteiger partial charge on any atom is 0.163 e. The summed E-state index contributed by atoms with van der Waals surface area (Å²) < 4.78 is 33.5. The second kappa shape index (κ2) is 7.00. The van der Waals surface area contributed by atoms with Crippen LogP contribution in [0.15, 0.2) is 40.9 Å². The third-order valence-corrected chi connectivity index (χ3v) is 3.91. The highest BCUT2D eigenvalue weighted by molar-refractivity contribution is 9.10. The molecular formula is C16H16BrF2NO. The summed E-state index contributed by atoms with van der Waals surface area (Å²) in [5.41, 5.74) is 1.10. The number of hydrogen-bond acceptors (Lipinski definition) is 2. The molecule has 2 aromatic rings. The smallest absolute Gasteiger partial charge is 0.163 e. The Hall–Kier alpha value is -1.46. The normalized spacial score (nSPS) is 12.2. The average Bonchev–Trinajstić information content (AvgIpc) is 2.48. The van der Waals surface area contributed by atoms with Gasteiger partial charge in [-0.2, -0.15) is 0 Å². The first kappa shape index (κ1) is 15.9. The average molecular weight is 356 g/mol. The summed E-state index contributed by atoms with van der Waals surface area (Å²) in [7, 11) is 1.58. The maximum atomic E-state index is 14.1. The van der Waals surface area contributed by atoms with Gasteiger partial charge in [-0.1, -0.05) is 41.1 Å². The molecule has 1 unspecified atom stereocenters. The zero-order valence-electron chi connectivity index (χ0n) is 11.8. The van der Waals surface area contributed by atoms with Crippen molar-refractivity contribution >= 4 is 15.9 Å². The van der Waals surface area contributed by atoms with Crippen molar-refractivity contribution < 1.29 is 13.5 Å². The molecule has 2 nitrogen and oxygen atoms in total. The minimum atomic E-state index is -0.847. The third kappa shape index (κ3) is 3.41. The molecule has 2 aromatic carbocycles. The van der Waals surface area contributed by atoms with Gasteiger partial charge in [-0.25, -0.2) is 8.78 Å². The summed E-state index contributed by atoms with van der Waals surface area (Å²) in [6, 6.07) is 9.20. The molecule has 1 N–H and O–H groups in total. The lowest BCUT2D eigenvalue weighted by Gasteiger charge is -2.21. The van der Waals surface area contributed by atoms with Crippen LogP contribution < -0.4 is 10.1 Å². The van der Waals surface area contributed by atoms with Crippen molar-refractivity contribution in [1.29, 1.82) is 0 Å². The first-order valence-corrected chi connectivity index (χ1v) is 7.38. The van der Waals surface area contributed by atoms with E-state index < -0.39 is 17.7 Å². The molecule has 0 aliphatic carbocycles. The Balaban J connectivity index is 2.51. The summed E-state index contributed by atoms with van der Waals surface area (Å²) in [4.78, 5) is 0. The molecule has 0 saturated heterocycles. The minimum absolute atomic E-state index is 0.280. The van der Waals surface area contributed by atoms with E-state index in [1.54, 1.807) is 25.3 Å². The van der Waals surface area contributed by atoms with Gasteiger partial charge in [0.2, 0.25) is 0 Å². The molecule has 2 rings (SSSR count). The van der Waals surface area contributed by atoms with Crippen LogP contribution in [0.25, 0.3) is 0 Å². The van der Waals surface area contributed by atoms with Gasteiger partial charge in [-0.15, -0.1) is 0 Å². The van der Waals surface area contributed by atoms with Gasteiger partial charge in [-0.3, -0.25) is 0 Å². The molecule has 112 valence electrons. The summed E-state index contributed by atoms with van der Waals surface area (Å²) in [6.45, 7) is 2.54. The quantitative estimate of drug-likeness (QED) is 0.856. The number of methoxy groups -OCH3 is 1. The van der Waals surface area contributed by atoms with E-state index in [-0.39, 0.29) is 5.56 Å². The lowest BCUT2D eigenvalue weighted by atomic mass is 9.98. The lowest BCUT2D eigenvalue weighted by Crippen LogP contribution is -2.23. The molecule has 0 heterocycles. The zero-order chi connectivity index (χ0) is 15.4. The Labute approximate surface area is 131 Å². The topological polar surface area (TPSA) is 21.3 Å². The minimum Gasteiger partial charge on any atom is -0.497 e. The molecule has 0 fully saturated rings. The van der Waals surface area contributed by atoms with Crippen molar-refractivity contribution in [3.63, 3.8) is 0 Å². The summed E-state index contributed by atoms with van der Waals surface area (Å²) in [5, 5.41) is 3.18. The summed E-state index contributed by atoms with van der Waals surface area (Å²) in [5.74, 6) is -0.980. The number of benzene rings is 2. The Bertz CT molecular complexity index is 634. The Morgan fingerprint density at radius 3 is 2.57 bits per heavy atom. The van der Waals surface area contributed by atoms with E-state index in [2.05, 4.69) is 21.2 Å². The molecule has 21 heavy (non-hydrogen) atoms. The van der Waals surface area contributed by atoms with E-state index in [0.717, 1.165) is 16.1 Å². The van der Waals surface area contributed by atoms with Crippen molar-refractivity contribution in [1.82, 2.24) is 5.32 Å². The van der Waals surface area contributed by atoms with Crippen LogP contribution in [-0.4, -0.2) is 13.7 Å². The van der Waals surface area contributed by atoms with Crippen molar-refractivity contribution in [3.8, 4) is 5.75 Å². The SMILES string of the molecule is CCNC(c1ccc(OC)cc1Br)c1cccc(F)c1F. The second-order valence-electron chi connectivity index (χ2n) is 4.52. The highest BCUT2D eigenvalue weighted by Crippen LogP contribution is 2.33. The molecular weight excluding hydrogens is 340 g/mol. The highest BCUT2D eigenvalue weighted by Gasteiger charge is 2.21. The molecule has 0 bridgehead atoms. The predicted molar refractivity (Wildman–Crippen MR) is 82.6 cm³/mol. The van der Waals surface area contributed by atoms with E-state index in [1.165, 1.54) is 6.07 Å². The molecule has 0 amide bonds. The fourth-order valence-corrected chi connectivity index (χ4v) is 2.79. The number of hydrogen-bond donors (Lipinski definition) is 1. The lowest BCUT2D eigenvalue weighted by molar-refractivity contribution is 0.414. The van der Waals surface area contributed by atoms with Crippen LogP contribution in [0.2, 0.25) is 0 Å². The number of rotatable bonds is 5. The molecule has 0 radical (unpaired) electrons. The van der Waals surface area contributed by atoms with Gasteiger partial charge >= 0.3 is 0 Å². The van der Waals surface area contributed by atoms with Crippen LogP contribution in [-0.2, 0) is 0 Å². The van der Waals surface area contributed by atoms with Gasteiger partial charge in [0.15, 0.2) is 11.6 Å². The van der Waals surface area contributed by atoms with Crippen molar-refractivity contribution in [3.05, 3.63) is 63.6 Å². The van der Waals surface area contributed by atoms with Gasteiger partial charge in [0.05, 0.1) is 13.2 Å². The van der Waals surface area contributed by atoms with E-state index in [1.807, 2.05) is 13.0 Å². The van der Waals surface area contributed by atoms with Crippen LogP contribution >= 0.6 is 15.9 Å². The molecule has 0 spiro atoms. The van der Waals surface area contributed by atoms with Gasteiger partial charge in [0.25, 0.3) is 0 Å². The van der Waals surface area contributed by atoms with Crippen LogP contribution in [0, 0.1) is 11.6 Å². The molecule has 0 saturated carbocycles. The molecule has 0 aliphatic heterocycles.